The number of hydrogen-bond donors (Lipinski definition) is 1. The number of aromatic nitrogens is 1. The van der Waals surface area contributed by atoms with E-state index in [1.165, 1.54) is 21.2 Å². The number of hydrogen-bond acceptors (Lipinski definition) is 3. The Morgan fingerprint density at radius 2 is 1.75 bits per heavy atom. The largest absolute Gasteiger partial charge is 0.358 e. The molecule has 0 bridgehead atoms. The molecule has 6 heteroatoms. The zero-order chi connectivity index (χ0) is 16.5. The van der Waals surface area contributed by atoms with E-state index in [4.69, 9.17) is 12.2 Å². The van der Waals surface area contributed by atoms with Crippen molar-refractivity contribution in [3.8, 4) is 0 Å². The summed E-state index contributed by atoms with van der Waals surface area (Å²) in [6.45, 7) is 4.59. The molecule has 0 atom stereocenters. The van der Waals surface area contributed by atoms with Crippen molar-refractivity contribution in [1.29, 1.82) is 0 Å². The van der Waals surface area contributed by atoms with Gasteiger partial charge in [-0.3, -0.25) is 4.57 Å². The summed E-state index contributed by atoms with van der Waals surface area (Å²) in [7, 11) is 0. The summed E-state index contributed by atoms with van der Waals surface area (Å²) in [4.78, 5) is 3.63. The predicted octanol–water partition coefficient (Wildman–Crippen LogP) is 2.93. The van der Waals surface area contributed by atoms with Gasteiger partial charge in [-0.15, -0.1) is 11.3 Å². The number of benzene rings is 2. The highest BCUT2D eigenvalue weighted by Gasteiger charge is 2.22. The average Bonchev–Trinajstić information content (AvgIpc) is 2.92. The molecule has 1 N–H and O–H groups in total. The smallest absolute Gasteiger partial charge is 0.166 e. The van der Waals surface area contributed by atoms with E-state index in [9.17, 15) is 4.39 Å². The molecule has 0 unspecified atom stereocenters. The van der Waals surface area contributed by atoms with E-state index in [2.05, 4.69) is 33.7 Å². The quantitative estimate of drug-likeness (QED) is 0.721. The van der Waals surface area contributed by atoms with Gasteiger partial charge in [0.25, 0.3) is 0 Å². The van der Waals surface area contributed by atoms with E-state index >= 15 is 0 Å². The van der Waals surface area contributed by atoms with Gasteiger partial charge in [0.1, 0.15) is 5.82 Å². The van der Waals surface area contributed by atoms with E-state index < -0.39 is 0 Å². The molecule has 0 amide bonds. The Labute approximate surface area is 149 Å². The van der Waals surface area contributed by atoms with Crippen LogP contribution in [0.25, 0.3) is 10.2 Å². The number of piperazine rings is 1. The normalized spacial score (nSPS) is 16.0. The van der Waals surface area contributed by atoms with Crippen LogP contribution in [0.5, 0.6) is 0 Å². The zero-order valence-electron chi connectivity index (χ0n) is 13.2. The Kier molecular flexibility index (Phi) is 4.35. The second-order valence-electron chi connectivity index (χ2n) is 6.11. The van der Waals surface area contributed by atoms with Crippen molar-refractivity contribution in [2.75, 3.05) is 31.1 Å². The van der Waals surface area contributed by atoms with Gasteiger partial charge < -0.3 is 9.80 Å². The van der Waals surface area contributed by atoms with Crippen molar-refractivity contribution in [1.82, 2.24) is 4.57 Å². The molecule has 1 aromatic heterocycles. The van der Waals surface area contributed by atoms with Crippen LogP contribution in [0, 0.1) is 9.77 Å². The highest BCUT2D eigenvalue weighted by atomic mass is 32.1. The molecule has 2 aromatic carbocycles. The fourth-order valence-corrected chi connectivity index (χ4v) is 4.64. The van der Waals surface area contributed by atoms with Crippen LogP contribution in [0.3, 0.4) is 0 Å². The molecular weight excluding hydrogens is 341 g/mol. The van der Waals surface area contributed by atoms with Crippen LogP contribution in [0.15, 0.2) is 48.5 Å². The summed E-state index contributed by atoms with van der Waals surface area (Å²) in [5, 5.41) is 0. The lowest BCUT2D eigenvalue weighted by molar-refractivity contribution is -0.923. The summed E-state index contributed by atoms with van der Waals surface area (Å²) < 4.78 is 18.4. The minimum Gasteiger partial charge on any atom is -0.358 e. The molecule has 24 heavy (non-hydrogen) atoms. The van der Waals surface area contributed by atoms with Crippen molar-refractivity contribution < 1.29 is 9.29 Å². The first-order valence-corrected chi connectivity index (χ1v) is 9.36. The van der Waals surface area contributed by atoms with Gasteiger partial charge in [0.15, 0.2) is 10.6 Å². The SMILES string of the molecule is Fc1ccccc1N1CC[NH+](Cn2c(=S)sc3ccccc32)CC1. The van der Waals surface area contributed by atoms with Crippen molar-refractivity contribution in [3.05, 3.63) is 58.3 Å². The van der Waals surface area contributed by atoms with Gasteiger partial charge in [-0.2, -0.15) is 0 Å². The second kappa shape index (κ2) is 6.63. The fourth-order valence-electron chi connectivity index (χ4n) is 3.32. The summed E-state index contributed by atoms with van der Waals surface area (Å²) in [6, 6.07) is 15.4. The molecule has 0 spiro atoms. The Hall–Kier alpha value is -1.76. The van der Waals surface area contributed by atoms with Gasteiger partial charge in [-0.25, -0.2) is 4.39 Å². The number of anilines is 1. The predicted molar refractivity (Wildman–Crippen MR) is 100.0 cm³/mol. The Balaban J connectivity index is 1.48. The van der Waals surface area contributed by atoms with Crippen molar-refractivity contribution in [2.45, 2.75) is 6.67 Å². The maximum atomic E-state index is 13.9. The molecule has 1 aliphatic heterocycles. The molecule has 0 saturated carbocycles. The number of halogens is 1. The number of rotatable bonds is 3. The van der Waals surface area contributed by atoms with Gasteiger partial charge in [0.2, 0.25) is 0 Å². The number of nitrogens with one attached hydrogen (secondary N) is 1. The summed E-state index contributed by atoms with van der Waals surface area (Å²) in [6.07, 6.45) is 0. The maximum Gasteiger partial charge on any atom is 0.166 e. The average molecular weight is 361 g/mol. The topological polar surface area (TPSA) is 12.6 Å². The zero-order valence-corrected chi connectivity index (χ0v) is 14.9. The van der Waals surface area contributed by atoms with E-state index in [-0.39, 0.29) is 5.82 Å². The Bertz CT molecular complexity index is 910. The minimum atomic E-state index is -0.132. The Morgan fingerprint density at radius 3 is 2.54 bits per heavy atom. The number of para-hydroxylation sites is 2. The second-order valence-corrected chi connectivity index (χ2v) is 7.79. The molecule has 3 nitrogen and oxygen atoms in total. The minimum absolute atomic E-state index is 0.132. The van der Waals surface area contributed by atoms with E-state index in [1.807, 2.05) is 12.1 Å². The lowest BCUT2D eigenvalue weighted by Gasteiger charge is -2.33. The third-order valence-electron chi connectivity index (χ3n) is 4.62. The summed E-state index contributed by atoms with van der Waals surface area (Å²) >= 11 is 7.22. The highest BCUT2D eigenvalue weighted by molar-refractivity contribution is 7.73. The third-order valence-corrected chi connectivity index (χ3v) is 6.05. The van der Waals surface area contributed by atoms with Gasteiger partial charge in [-0.1, -0.05) is 24.3 Å². The van der Waals surface area contributed by atoms with Crippen LogP contribution in [0.2, 0.25) is 0 Å². The van der Waals surface area contributed by atoms with Crippen LogP contribution in [-0.4, -0.2) is 30.7 Å². The van der Waals surface area contributed by atoms with Crippen LogP contribution >= 0.6 is 23.6 Å². The number of thiazole rings is 1. The first-order chi connectivity index (χ1) is 11.7. The van der Waals surface area contributed by atoms with Crippen molar-refractivity contribution in [2.24, 2.45) is 0 Å². The summed E-state index contributed by atoms with van der Waals surface area (Å²) in [5.41, 5.74) is 1.94. The third kappa shape index (κ3) is 2.97. The van der Waals surface area contributed by atoms with E-state index in [0.717, 1.165) is 36.8 Å². The molecule has 1 saturated heterocycles. The van der Waals surface area contributed by atoms with Crippen LogP contribution < -0.4 is 9.80 Å². The molecule has 0 aliphatic carbocycles. The Morgan fingerprint density at radius 1 is 1.04 bits per heavy atom. The molecule has 124 valence electrons. The molecule has 0 radical (unpaired) electrons. The molecule has 3 aromatic rings. The van der Waals surface area contributed by atoms with Gasteiger partial charge in [0, 0.05) is 0 Å². The first-order valence-electron chi connectivity index (χ1n) is 8.14. The number of nitrogens with zero attached hydrogens (tertiary/aromatic N) is 2. The highest BCUT2D eigenvalue weighted by Crippen LogP contribution is 2.22. The molecule has 1 fully saturated rings. The van der Waals surface area contributed by atoms with Gasteiger partial charge in [-0.05, 0) is 36.5 Å². The molecular formula is C18H19FN3S2+. The lowest BCUT2D eigenvalue weighted by atomic mass is 10.2. The van der Waals surface area contributed by atoms with Gasteiger partial charge in [0.05, 0.1) is 42.1 Å². The van der Waals surface area contributed by atoms with Crippen LogP contribution in [-0.2, 0) is 6.67 Å². The number of fused-ring (bicyclic) bond motifs is 1. The number of quaternary nitrogens is 1. The lowest BCUT2D eigenvalue weighted by Crippen LogP contribution is -3.14. The maximum absolute atomic E-state index is 13.9. The monoisotopic (exact) mass is 360 g/mol. The fraction of sp³-hybridized carbons (Fsp3) is 0.278. The van der Waals surface area contributed by atoms with Gasteiger partial charge >= 0.3 is 0 Å². The molecule has 2 heterocycles. The van der Waals surface area contributed by atoms with Crippen LogP contribution in [0.4, 0.5) is 10.1 Å². The van der Waals surface area contributed by atoms with Crippen molar-refractivity contribution >= 4 is 39.5 Å². The summed E-state index contributed by atoms with van der Waals surface area (Å²) in [5.74, 6) is -0.132. The van der Waals surface area contributed by atoms with Crippen molar-refractivity contribution in [3.63, 3.8) is 0 Å². The van der Waals surface area contributed by atoms with E-state index in [0.29, 0.717) is 5.69 Å². The molecule has 4 rings (SSSR count). The van der Waals surface area contributed by atoms with E-state index in [1.54, 1.807) is 17.4 Å². The van der Waals surface area contributed by atoms with Crippen LogP contribution in [0.1, 0.15) is 0 Å². The standard InChI is InChI=1S/C18H18FN3S2/c19-14-5-1-2-6-15(14)21-11-9-20(10-12-21)13-22-16-7-3-4-8-17(16)24-18(22)23/h1-8H,9-13H2/p+1. The molecule has 1 aliphatic rings. The first kappa shape index (κ1) is 15.7.